The SMILES string of the molecule is Cl.N=C(N)c1ccc2oc(/C=C/c3cc4ccc(C(=N)N)cc4o3)cc2c1. The molecule has 0 spiro atoms. The van der Waals surface area contributed by atoms with Crippen LogP contribution in [0.2, 0.25) is 0 Å². The van der Waals surface area contributed by atoms with Gasteiger partial charge in [-0.05, 0) is 48.6 Å². The molecule has 0 amide bonds. The lowest BCUT2D eigenvalue weighted by Gasteiger charge is -1.96. The minimum absolute atomic E-state index is 0. The Hall–Kier alpha value is -3.51. The van der Waals surface area contributed by atoms with Crippen LogP contribution in [-0.4, -0.2) is 11.7 Å². The molecule has 2 heterocycles. The third-order valence-electron chi connectivity index (χ3n) is 4.11. The van der Waals surface area contributed by atoms with E-state index >= 15 is 0 Å². The molecule has 0 saturated heterocycles. The highest BCUT2D eigenvalue weighted by molar-refractivity contribution is 5.99. The van der Waals surface area contributed by atoms with Crippen molar-refractivity contribution in [2.24, 2.45) is 11.5 Å². The number of benzene rings is 2. The largest absolute Gasteiger partial charge is 0.457 e. The zero-order valence-electron chi connectivity index (χ0n) is 14.2. The van der Waals surface area contributed by atoms with Crippen molar-refractivity contribution in [1.82, 2.24) is 0 Å². The lowest BCUT2D eigenvalue weighted by Crippen LogP contribution is -2.10. The first-order chi connectivity index (χ1) is 12.5. The van der Waals surface area contributed by atoms with Crippen LogP contribution in [0, 0.1) is 10.8 Å². The quantitative estimate of drug-likeness (QED) is 0.310. The number of amidine groups is 2. The van der Waals surface area contributed by atoms with E-state index in [2.05, 4.69) is 0 Å². The summed E-state index contributed by atoms with van der Waals surface area (Å²) in [7, 11) is 0. The summed E-state index contributed by atoms with van der Waals surface area (Å²) in [4.78, 5) is 0. The van der Waals surface area contributed by atoms with Crippen molar-refractivity contribution in [3.63, 3.8) is 0 Å². The molecule has 27 heavy (non-hydrogen) atoms. The fraction of sp³-hybridized carbons (Fsp3) is 0. The Balaban J connectivity index is 0.00000210. The summed E-state index contributed by atoms with van der Waals surface area (Å²) >= 11 is 0. The molecule has 0 unspecified atom stereocenters. The fourth-order valence-corrected chi connectivity index (χ4v) is 2.78. The highest BCUT2D eigenvalue weighted by atomic mass is 35.5. The summed E-state index contributed by atoms with van der Waals surface area (Å²) in [5.74, 6) is 1.38. The Kier molecular flexibility index (Phi) is 4.75. The maximum Gasteiger partial charge on any atom is 0.135 e. The molecule has 7 heteroatoms. The van der Waals surface area contributed by atoms with E-state index in [0.717, 1.165) is 16.4 Å². The van der Waals surface area contributed by atoms with Gasteiger partial charge in [0, 0.05) is 21.9 Å². The molecule has 4 rings (SSSR count). The lowest BCUT2D eigenvalue weighted by atomic mass is 10.1. The summed E-state index contributed by atoms with van der Waals surface area (Å²) in [5.41, 5.74) is 13.7. The maximum atomic E-state index is 7.50. The van der Waals surface area contributed by atoms with Crippen molar-refractivity contribution < 1.29 is 8.83 Å². The number of rotatable bonds is 4. The van der Waals surface area contributed by atoms with Gasteiger partial charge >= 0.3 is 0 Å². The minimum Gasteiger partial charge on any atom is -0.457 e. The van der Waals surface area contributed by atoms with E-state index in [1.165, 1.54) is 0 Å². The number of furan rings is 2. The van der Waals surface area contributed by atoms with E-state index in [1.54, 1.807) is 24.3 Å². The number of halogens is 1. The van der Waals surface area contributed by atoms with Gasteiger partial charge in [0.05, 0.1) is 0 Å². The Morgan fingerprint density at radius 2 is 1.26 bits per heavy atom. The Morgan fingerprint density at radius 1 is 0.704 bits per heavy atom. The van der Waals surface area contributed by atoms with Crippen molar-refractivity contribution in [3.05, 3.63) is 71.2 Å². The van der Waals surface area contributed by atoms with E-state index in [1.807, 2.05) is 36.4 Å². The molecular formula is C20H17ClN4O2. The molecule has 0 radical (unpaired) electrons. The molecule has 0 fully saturated rings. The Labute approximate surface area is 160 Å². The van der Waals surface area contributed by atoms with Gasteiger partial charge in [0.2, 0.25) is 0 Å². The third-order valence-corrected chi connectivity index (χ3v) is 4.11. The first kappa shape index (κ1) is 18.3. The number of nitrogens with one attached hydrogen (secondary N) is 2. The highest BCUT2D eigenvalue weighted by Crippen LogP contribution is 2.25. The van der Waals surface area contributed by atoms with Crippen molar-refractivity contribution in [2.45, 2.75) is 0 Å². The third kappa shape index (κ3) is 3.56. The Morgan fingerprint density at radius 3 is 1.93 bits per heavy atom. The van der Waals surface area contributed by atoms with Gasteiger partial charge in [-0.3, -0.25) is 10.8 Å². The monoisotopic (exact) mass is 380 g/mol. The molecule has 0 saturated carbocycles. The van der Waals surface area contributed by atoms with Crippen LogP contribution in [0.1, 0.15) is 22.6 Å². The number of fused-ring (bicyclic) bond motifs is 2. The molecular weight excluding hydrogens is 364 g/mol. The van der Waals surface area contributed by atoms with Crippen LogP contribution >= 0.6 is 12.4 Å². The minimum atomic E-state index is 0. The molecule has 0 bridgehead atoms. The number of hydrogen-bond donors (Lipinski definition) is 4. The fourth-order valence-electron chi connectivity index (χ4n) is 2.78. The summed E-state index contributed by atoms with van der Waals surface area (Å²) in [5, 5.41) is 16.8. The van der Waals surface area contributed by atoms with Crippen molar-refractivity contribution in [3.8, 4) is 0 Å². The molecule has 2 aromatic heterocycles. The smallest absolute Gasteiger partial charge is 0.135 e. The van der Waals surface area contributed by atoms with Crippen LogP contribution in [0.25, 0.3) is 34.1 Å². The van der Waals surface area contributed by atoms with Gasteiger partial charge in [0.15, 0.2) is 0 Å². The summed E-state index contributed by atoms with van der Waals surface area (Å²) in [6.07, 6.45) is 3.63. The Bertz CT molecular complexity index is 1110. The second-order valence-corrected chi connectivity index (χ2v) is 5.96. The predicted molar refractivity (Wildman–Crippen MR) is 111 cm³/mol. The summed E-state index contributed by atoms with van der Waals surface area (Å²) in [6, 6.07) is 14.6. The van der Waals surface area contributed by atoms with E-state index in [9.17, 15) is 0 Å². The van der Waals surface area contributed by atoms with Gasteiger partial charge in [0.1, 0.15) is 34.4 Å². The van der Waals surface area contributed by atoms with Crippen LogP contribution < -0.4 is 11.5 Å². The first-order valence-electron chi connectivity index (χ1n) is 7.94. The average Bonchev–Trinajstić information content (AvgIpc) is 3.21. The van der Waals surface area contributed by atoms with Crippen LogP contribution in [0.15, 0.2) is 57.4 Å². The predicted octanol–water partition coefficient (Wildman–Crippen LogP) is 4.34. The van der Waals surface area contributed by atoms with Crippen molar-refractivity contribution >= 4 is 58.2 Å². The van der Waals surface area contributed by atoms with Crippen molar-refractivity contribution in [2.75, 3.05) is 0 Å². The number of hydrogen-bond acceptors (Lipinski definition) is 4. The van der Waals surface area contributed by atoms with Crippen molar-refractivity contribution in [1.29, 1.82) is 10.8 Å². The summed E-state index contributed by atoms with van der Waals surface area (Å²) < 4.78 is 11.5. The second-order valence-electron chi connectivity index (χ2n) is 5.96. The molecule has 0 aliphatic rings. The van der Waals surface area contributed by atoms with Gasteiger partial charge < -0.3 is 20.3 Å². The maximum absolute atomic E-state index is 7.50. The molecule has 6 N–H and O–H groups in total. The zero-order chi connectivity index (χ0) is 18.3. The molecule has 6 nitrogen and oxygen atoms in total. The van der Waals surface area contributed by atoms with E-state index in [4.69, 9.17) is 31.1 Å². The molecule has 136 valence electrons. The number of nitrogens with two attached hydrogens (primary N) is 2. The normalized spacial score (nSPS) is 11.1. The van der Waals surface area contributed by atoms with Gasteiger partial charge in [-0.25, -0.2) is 0 Å². The van der Waals surface area contributed by atoms with Crippen LogP contribution in [-0.2, 0) is 0 Å². The van der Waals surface area contributed by atoms with Crippen LogP contribution in [0.4, 0.5) is 0 Å². The van der Waals surface area contributed by atoms with Gasteiger partial charge in [-0.1, -0.05) is 12.1 Å². The van der Waals surface area contributed by atoms with Crippen LogP contribution in [0.3, 0.4) is 0 Å². The number of nitrogen functional groups attached to an aromatic ring is 2. The highest BCUT2D eigenvalue weighted by Gasteiger charge is 2.06. The van der Waals surface area contributed by atoms with E-state index in [-0.39, 0.29) is 24.1 Å². The van der Waals surface area contributed by atoms with Gasteiger partial charge in [-0.2, -0.15) is 0 Å². The van der Waals surface area contributed by atoms with E-state index in [0.29, 0.717) is 28.2 Å². The lowest BCUT2D eigenvalue weighted by molar-refractivity contribution is 0.599. The molecule has 4 aromatic rings. The van der Waals surface area contributed by atoms with Crippen LogP contribution in [0.5, 0.6) is 0 Å². The molecule has 0 aliphatic heterocycles. The first-order valence-corrected chi connectivity index (χ1v) is 7.94. The summed E-state index contributed by atoms with van der Waals surface area (Å²) in [6.45, 7) is 0. The molecule has 0 aliphatic carbocycles. The standard InChI is InChI=1S/C20H16N4O2.ClH/c21-19(22)12-3-6-17-14(7-12)9-16(25-17)5-4-15-8-11-1-2-13(20(23)24)10-18(11)26-15;/h1-10H,(H3,21,22)(H3,23,24);1H/b5-4+;. The van der Waals surface area contributed by atoms with E-state index < -0.39 is 0 Å². The zero-order valence-corrected chi connectivity index (χ0v) is 15.0. The van der Waals surface area contributed by atoms with Gasteiger partial charge in [0.25, 0.3) is 0 Å². The topological polar surface area (TPSA) is 126 Å². The molecule has 2 aromatic carbocycles. The average molecular weight is 381 g/mol. The molecule has 0 atom stereocenters. The second kappa shape index (κ2) is 7.01. The van der Waals surface area contributed by atoms with Gasteiger partial charge in [-0.15, -0.1) is 12.4 Å².